The summed E-state index contributed by atoms with van der Waals surface area (Å²) in [6, 6.07) is 0. The molecule has 0 aromatic rings. The highest BCUT2D eigenvalue weighted by Crippen LogP contribution is 1.84. The minimum absolute atomic E-state index is 0.0462. The van der Waals surface area contributed by atoms with Gasteiger partial charge in [-0.1, -0.05) is 6.58 Å². The molecule has 74 valence electrons. The van der Waals surface area contributed by atoms with Gasteiger partial charge in [0.25, 0.3) is 0 Å². The molecule has 0 saturated heterocycles. The summed E-state index contributed by atoms with van der Waals surface area (Å²) in [5, 5.41) is 8.22. The molecule has 13 heavy (non-hydrogen) atoms. The molecule has 0 heterocycles. The van der Waals surface area contributed by atoms with Crippen molar-refractivity contribution in [2.75, 3.05) is 19.8 Å². The highest BCUT2D eigenvalue weighted by molar-refractivity contribution is 5.81. The molecule has 0 aromatic heterocycles. The van der Waals surface area contributed by atoms with Crippen molar-refractivity contribution in [1.82, 2.24) is 0 Å². The Morgan fingerprint density at radius 2 is 2.00 bits per heavy atom. The largest absolute Gasteiger partial charge is 0.481 e. The molecular weight excluding hydrogens is 176 g/mol. The van der Waals surface area contributed by atoms with E-state index in [2.05, 4.69) is 11.3 Å². The number of ether oxygens (including phenoxy) is 2. The average molecular weight is 188 g/mol. The van der Waals surface area contributed by atoms with Crippen LogP contribution < -0.4 is 0 Å². The third-order valence-corrected chi connectivity index (χ3v) is 1.10. The maximum absolute atomic E-state index is 10.5. The van der Waals surface area contributed by atoms with E-state index in [9.17, 15) is 9.59 Å². The maximum atomic E-state index is 10.5. The van der Waals surface area contributed by atoms with Crippen LogP contribution in [0.2, 0.25) is 0 Å². The first-order valence-electron chi connectivity index (χ1n) is 3.75. The molecule has 0 unspecified atom stereocenters. The van der Waals surface area contributed by atoms with Crippen molar-refractivity contribution in [2.24, 2.45) is 0 Å². The van der Waals surface area contributed by atoms with Gasteiger partial charge in [0.2, 0.25) is 0 Å². The zero-order valence-electron chi connectivity index (χ0n) is 7.19. The molecule has 1 N–H and O–H groups in total. The van der Waals surface area contributed by atoms with E-state index in [0.29, 0.717) is 0 Å². The molecule has 0 aliphatic rings. The molecule has 0 aromatic carbocycles. The van der Waals surface area contributed by atoms with E-state index in [-0.39, 0.29) is 26.2 Å². The number of carboxylic acid groups (broad SMARTS) is 1. The minimum Gasteiger partial charge on any atom is -0.481 e. The predicted octanol–water partition coefficient (Wildman–Crippen LogP) is 0.207. The smallest absolute Gasteiger partial charge is 0.330 e. The lowest BCUT2D eigenvalue weighted by molar-refractivity contribution is -0.141. The molecule has 5 nitrogen and oxygen atoms in total. The number of carboxylic acids is 1. The van der Waals surface area contributed by atoms with Crippen molar-refractivity contribution in [3.8, 4) is 0 Å². The Hall–Kier alpha value is -1.36. The fraction of sp³-hybridized carbons (Fsp3) is 0.500. The van der Waals surface area contributed by atoms with Crippen LogP contribution in [-0.2, 0) is 19.1 Å². The van der Waals surface area contributed by atoms with Crippen molar-refractivity contribution in [3.05, 3.63) is 12.7 Å². The number of hydrogen-bond donors (Lipinski definition) is 1. The Bertz CT molecular complexity index is 187. The lowest BCUT2D eigenvalue weighted by Crippen LogP contribution is -2.10. The van der Waals surface area contributed by atoms with Gasteiger partial charge in [-0.15, -0.1) is 0 Å². The SMILES string of the molecule is C=CC(=O)OCCOCCC(=O)O. The van der Waals surface area contributed by atoms with E-state index in [1.807, 2.05) is 0 Å². The molecule has 0 spiro atoms. The van der Waals surface area contributed by atoms with Gasteiger partial charge in [-0.25, -0.2) is 4.79 Å². The third-order valence-electron chi connectivity index (χ3n) is 1.10. The van der Waals surface area contributed by atoms with E-state index in [1.165, 1.54) is 0 Å². The van der Waals surface area contributed by atoms with Gasteiger partial charge in [0.05, 0.1) is 19.6 Å². The number of esters is 1. The molecule has 0 radical (unpaired) electrons. The number of rotatable bonds is 7. The molecule has 0 saturated carbocycles. The summed E-state index contributed by atoms with van der Waals surface area (Å²) < 4.78 is 9.42. The zero-order chi connectivity index (χ0) is 10.1. The van der Waals surface area contributed by atoms with Crippen molar-refractivity contribution in [1.29, 1.82) is 0 Å². The lowest BCUT2D eigenvalue weighted by Gasteiger charge is -2.02. The van der Waals surface area contributed by atoms with Gasteiger partial charge in [-0.2, -0.15) is 0 Å². The van der Waals surface area contributed by atoms with Crippen molar-refractivity contribution in [2.45, 2.75) is 6.42 Å². The van der Waals surface area contributed by atoms with Gasteiger partial charge in [-0.05, 0) is 0 Å². The van der Waals surface area contributed by atoms with Gasteiger partial charge in [0.15, 0.2) is 0 Å². The summed E-state index contributed by atoms with van der Waals surface area (Å²) in [7, 11) is 0. The number of aliphatic carboxylic acids is 1. The number of hydrogen-bond acceptors (Lipinski definition) is 4. The normalized spacial score (nSPS) is 9.23. The summed E-state index contributed by atoms with van der Waals surface area (Å²) in [6.07, 6.45) is 1.01. The average Bonchev–Trinajstić information content (AvgIpc) is 2.10. The van der Waals surface area contributed by atoms with Crippen LogP contribution in [0.15, 0.2) is 12.7 Å². The van der Waals surface area contributed by atoms with Gasteiger partial charge in [-0.3, -0.25) is 4.79 Å². The molecule has 0 bridgehead atoms. The third kappa shape index (κ3) is 8.55. The second-order valence-corrected chi connectivity index (χ2v) is 2.13. The van der Waals surface area contributed by atoms with Gasteiger partial charge < -0.3 is 14.6 Å². The Labute approximate surface area is 75.9 Å². The summed E-state index contributed by atoms with van der Waals surface area (Å²) in [5.41, 5.74) is 0. The minimum atomic E-state index is -0.914. The molecular formula is C8H12O5. The van der Waals surface area contributed by atoms with Crippen molar-refractivity contribution >= 4 is 11.9 Å². The summed E-state index contributed by atoms with van der Waals surface area (Å²) in [4.78, 5) is 20.5. The fourth-order valence-electron chi connectivity index (χ4n) is 0.522. The predicted molar refractivity (Wildman–Crippen MR) is 44.2 cm³/mol. The first-order valence-corrected chi connectivity index (χ1v) is 3.75. The second-order valence-electron chi connectivity index (χ2n) is 2.13. The fourth-order valence-corrected chi connectivity index (χ4v) is 0.522. The maximum Gasteiger partial charge on any atom is 0.330 e. The van der Waals surface area contributed by atoms with Crippen LogP contribution >= 0.6 is 0 Å². The van der Waals surface area contributed by atoms with Crippen LogP contribution in [0, 0.1) is 0 Å². The van der Waals surface area contributed by atoms with Crippen LogP contribution in [0.25, 0.3) is 0 Å². The summed E-state index contributed by atoms with van der Waals surface area (Å²) in [6.45, 7) is 3.65. The van der Waals surface area contributed by atoms with E-state index in [1.54, 1.807) is 0 Å². The van der Waals surface area contributed by atoms with Gasteiger partial charge >= 0.3 is 11.9 Å². The van der Waals surface area contributed by atoms with Crippen LogP contribution in [0.5, 0.6) is 0 Å². The van der Waals surface area contributed by atoms with Crippen LogP contribution in [0.3, 0.4) is 0 Å². The Morgan fingerprint density at radius 3 is 2.54 bits per heavy atom. The Kier molecular flexibility index (Phi) is 6.53. The highest BCUT2D eigenvalue weighted by Gasteiger charge is 1.97. The van der Waals surface area contributed by atoms with E-state index < -0.39 is 11.9 Å². The lowest BCUT2D eigenvalue weighted by atomic mass is 10.5. The van der Waals surface area contributed by atoms with E-state index in [0.717, 1.165) is 6.08 Å². The van der Waals surface area contributed by atoms with Crippen LogP contribution in [0.1, 0.15) is 6.42 Å². The summed E-state index contributed by atoms with van der Waals surface area (Å²) in [5.74, 6) is -1.43. The van der Waals surface area contributed by atoms with E-state index in [4.69, 9.17) is 9.84 Å². The van der Waals surface area contributed by atoms with Gasteiger partial charge in [0.1, 0.15) is 6.61 Å². The van der Waals surface area contributed by atoms with Crippen molar-refractivity contribution < 1.29 is 24.2 Å². The number of carbonyl (C=O) groups excluding carboxylic acids is 1. The Balaban J connectivity index is 3.12. The quantitative estimate of drug-likeness (QED) is 0.351. The molecule has 0 aliphatic heterocycles. The van der Waals surface area contributed by atoms with Crippen molar-refractivity contribution in [3.63, 3.8) is 0 Å². The zero-order valence-corrected chi connectivity index (χ0v) is 7.19. The first-order chi connectivity index (χ1) is 6.16. The number of carbonyl (C=O) groups is 2. The molecule has 0 aliphatic carbocycles. The Morgan fingerprint density at radius 1 is 1.31 bits per heavy atom. The topological polar surface area (TPSA) is 72.8 Å². The monoisotopic (exact) mass is 188 g/mol. The van der Waals surface area contributed by atoms with Crippen LogP contribution in [-0.4, -0.2) is 36.9 Å². The molecule has 0 fully saturated rings. The standard InChI is InChI=1S/C8H12O5/c1-2-8(11)13-6-5-12-4-3-7(9)10/h2H,1,3-6H2,(H,9,10). The highest BCUT2D eigenvalue weighted by atomic mass is 16.6. The second kappa shape index (κ2) is 7.30. The first kappa shape index (κ1) is 11.6. The van der Waals surface area contributed by atoms with Gasteiger partial charge in [0, 0.05) is 6.08 Å². The summed E-state index contributed by atoms with van der Waals surface area (Å²) >= 11 is 0. The molecule has 5 heteroatoms. The molecule has 0 rings (SSSR count). The molecule has 0 amide bonds. The van der Waals surface area contributed by atoms with E-state index >= 15 is 0 Å². The van der Waals surface area contributed by atoms with Crippen LogP contribution in [0.4, 0.5) is 0 Å². The molecule has 0 atom stereocenters.